The Balaban J connectivity index is 2.11. The fraction of sp³-hybridized carbons (Fsp3) is 0.625. The zero-order chi connectivity index (χ0) is 13.1. The molecule has 1 N–H and O–H groups in total. The van der Waals surface area contributed by atoms with Gasteiger partial charge in [-0.1, -0.05) is 23.8 Å². The molecule has 0 heterocycles. The molecule has 0 spiro atoms. The lowest BCUT2D eigenvalue weighted by Gasteiger charge is -2.26. The van der Waals surface area contributed by atoms with Gasteiger partial charge in [-0.25, -0.2) is 0 Å². The van der Waals surface area contributed by atoms with E-state index in [-0.39, 0.29) is 0 Å². The molecule has 0 bridgehead atoms. The van der Waals surface area contributed by atoms with Crippen LogP contribution in [0.2, 0.25) is 0 Å². The van der Waals surface area contributed by atoms with Crippen molar-refractivity contribution >= 4 is 0 Å². The summed E-state index contributed by atoms with van der Waals surface area (Å²) >= 11 is 0. The van der Waals surface area contributed by atoms with Gasteiger partial charge in [0.15, 0.2) is 0 Å². The Labute approximate surface area is 111 Å². The molecule has 2 heteroatoms. The van der Waals surface area contributed by atoms with Crippen LogP contribution in [0.4, 0.5) is 0 Å². The Morgan fingerprint density at radius 2 is 2.06 bits per heavy atom. The standard InChI is InChI=1S/C16H25NO/c1-11-5-6-12(2)14(9-11)10-15(17-3)16(18-4)13-7-8-13/h5-6,9,13,15-17H,7-8,10H2,1-4H3. The monoisotopic (exact) mass is 247 g/mol. The van der Waals surface area contributed by atoms with Crippen molar-refractivity contribution in [2.24, 2.45) is 5.92 Å². The lowest BCUT2D eigenvalue weighted by Crippen LogP contribution is -2.42. The molecule has 1 aromatic carbocycles. The fourth-order valence-electron chi connectivity index (χ4n) is 2.75. The number of benzene rings is 1. The molecular formula is C16H25NO. The maximum Gasteiger partial charge on any atom is 0.0755 e. The second kappa shape index (κ2) is 5.85. The van der Waals surface area contributed by atoms with Crippen molar-refractivity contribution in [3.05, 3.63) is 34.9 Å². The molecule has 1 aromatic rings. The van der Waals surface area contributed by atoms with Gasteiger partial charge >= 0.3 is 0 Å². The molecule has 0 radical (unpaired) electrons. The van der Waals surface area contributed by atoms with Gasteiger partial charge in [-0.3, -0.25) is 0 Å². The molecule has 0 saturated heterocycles. The third kappa shape index (κ3) is 3.12. The number of aryl methyl sites for hydroxylation is 2. The van der Waals surface area contributed by atoms with E-state index in [4.69, 9.17) is 4.74 Å². The van der Waals surface area contributed by atoms with Crippen molar-refractivity contribution in [2.75, 3.05) is 14.2 Å². The van der Waals surface area contributed by atoms with E-state index in [1.807, 2.05) is 14.2 Å². The summed E-state index contributed by atoms with van der Waals surface area (Å²) in [4.78, 5) is 0. The van der Waals surface area contributed by atoms with Crippen LogP contribution in [0.15, 0.2) is 18.2 Å². The van der Waals surface area contributed by atoms with Gasteiger partial charge in [0.05, 0.1) is 6.10 Å². The number of likely N-dealkylation sites (N-methyl/N-ethyl adjacent to an activating group) is 1. The molecule has 2 nitrogen and oxygen atoms in total. The molecule has 0 aliphatic heterocycles. The predicted molar refractivity (Wildman–Crippen MR) is 76.0 cm³/mol. The first-order valence-electron chi connectivity index (χ1n) is 6.92. The summed E-state index contributed by atoms with van der Waals surface area (Å²) in [5.41, 5.74) is 4.16. The van der Waals surface area contributed by atoms with Crippen molar-refractivity contribution in [1.29, 1.82) is 0 Å². The van der Waals surface area contributed by atoms with E-state index in [1.54, 1.807) is 0 Å². The average Bonchev–Trinajstić information content (AvgIpc) is 3.17. The first-order valence-corrected chi connectivity index (χ1v) is 6.92. The third-order valence-corrected chi connectivity index (χ3v) is 4.07. The minimum absolute atomic E-state index is 0.356. The summed E-state index contributed by atoms with van der Waals surface area (Å²) in [6.07, 6.45) is 4.06. The summed E-state index contributed by atoms with van der Waals surface area (Å²) in [6, 6.07) is 7.13. The van der Waals surface area contributed by atoms with Crippen LogP contribution in [-0.4, -0.2) is 26.3 Å². The SMILES string of the molecule is CNC(Cc1cc(C)ccc1C)C(OC)C1CC1. The minimum Gasteiger partial charge on any atom is -0.380 e. The van der Waals surface area contributed by atoms with E-state index in [9.17, 15) is 0 Å². The van der Waals surface area contributed by atoms with Crippen molar-refractivity contribution in [1.82, 2.24) is 5.32 Å². The number of ether oxygens (including phenoxy) is 1. The quantitative estimate of drug-likeness (QED) is 0.834. The maximum absolute atomic E-state index is 5.71. The van der Waals surface area contributed by atoms with Gasteiger partial charge in [-0.15, -0.1) is 0 Å². The largest absolute Gasteiger partial charge is 0.380 e. The van der Waals surface area contributed by atoms with Crippen LogP contribution in [0.3, 0.4) is 0 Å². The van der Waals surface area contributed by atoms with Crippen molar-refractivity contribution in [2.45, 2.75) is 45.3 Å². The van der Waals surface area contributed by atoms with Crippen LogP contribution < -0.4 is 5.32 Å². The summed E-state index contributed by atoms with van der Waals surface area (Å²) in [5, 5.41) is 3.44. The highest BCUT2D eigenvalue weighted by Crippen LogP contribution is 2.36. The Morgan fingerprint density at radius 3 is 2.61 bits per heavy atom. The molecule has 1 saturated carbocycles. The number of hydrogen-bond donors (Lipinski definition) is 1. The minimum atomic E-state index is 0.356. The molecule has 0 amide bonds. The lowest BCUT2D eigenvalue weighted by atomic mass is 9.94. The van der Waals surface area contributed by atoms with Crippen molar-refractivity contribution < 1.29 is 4.74 Å². The third-order valence-electron chi connectivity index (χ3n) is 4.07. The topological polar surface area (TPSA) is 21.3 Å². The van der Waals surface area contributed by atoms with Crippen LogP contribution in [0.5, 0.6) is 0 Å². The number of rotatable bonds is 6. The molecule has 1 aliphatic carbocycles. The van der Waals surface area contributed by atoms with E-state index in [0.717, 1.165) is 12.3 Å². The zero-order valence-corrected chi connectivity index (χ0v) is 12.0. The molecule has 100 valence electrons. The van der Waals surface area contributed by atoms with Gasteiger partial charge in [0.2, 0.25) is 0 Å². The van der Waals surface area contributed by atoms with Gasteiger partial charge in [0, 0.05) is 13.2 Å². The van der Waals surface area contributed by atoms with E-state index in [1.165, 1.54) is 29.5 Å². The molecule has 2 rings (SSSR count). The van der Waals surface area contributed by atoms with Gasteiger partial charge in [0.25, 0.3) is 0 Å². The first-order chi connectivity index (χ1) is 8.65. The van der Waals surface area contributed by atoms with Crippen LogP contribution in [0.25, 0.3) is 0 Å². The Kier molecular flexibility index (Phi) is 4.41. The van der Waals surface area contributed by atoms with Crippen molar-refractivity contribution in [3.63, 3.8) is 0 Å². The highest BCUT2D eigenvalue weighted by atomic mass is 16.5. The Bertz CT molecular complexity index is 398. The van der Waals surface area contributed by atoms with Crippen LogP contribution in [0, 0.1) is 19.8 Å². The maximum atomic E-state index is 5.71. The summed E-state index contributed by atoms with van der Waals surface area (Å²) < 4.78 is 5.71. The smallest absolute Gasteiger partial charge is 0.0755 e. The normalized spacial score (nSPS) is 18.7. The molecular weight excluding hydrogens is 222 g/mol. The van der Waals surface area contributed by atoms with Crippen molar-refractivity contribution in [3.8, 4) is 0 Å². The second-order valence-corrected chi connectivity index (χ2v) is 5.57. The van der Waals surface area contributed by atoms with E-state index < -0.39 is 0 Å². The summed E-state index contributed by atoms with van der Waals surface area (Å²) in [7, 11) is 3.89. The summed E-state index contributed by atoms with van der Waals surface area (Å²) in [6.45, 7) is 4.35. The molecule has 2 unspecified atom stereocenters. The molecule has 2 atom stereocenters. The molecule has 18 heavy (non-hydrogen) atoms. The predicted octanol–water partition coefficient (Wildman–Crippen LogP) is 2.86. The molecule has 0 aromatic heterocycles. The van der Waals surface area contributed by atoms with E-state index >= 15 is 0 Å². The first kappa shape index (κ1) is 13.6. The highest BCUT2D eigenvalue weighted by molar-refractivity contribution is 5.31. The number of nitrogens with one attached hydrogen (secondary N) is 1. The zero-order valence-electron chi connectivity index (χ0n) is 12.0. The van der Waals surface area contributed by atoms with Crippen LogP contribution >= 0.6 is 0 Å². The Morgan fingerprint density at radius 1 is 1.33 bits per heavy atom. The van der Waals surface area contributed by atoms with E-state index in [0.29, 0.717) is 12.1 Å². The van der Waals surface area contributed by atoms with Gasteiger partial charge < -0.3 is 10.1 Å². The fourth-order valence-corrected chi connectivity index (χ4v) is 2.75. The summed E-state index contributed by atoms with van der Waals surface area (Å²) in [5.74, 6) is 0.762. The number of hydrogen-bond acceptors (Lipinski definition) is 2. The van der Waals surface area contributed by atoms with Gasteiger partial charge in [-0.2, -0.15) is 0 Å². The Hall–Kier alpha value is -0.860. The number of methoxy groups -OCH3 is 1. The highest BCUT2D eigenvalue weighted by Gasteiger charge is 2.36. The van der Waals surface area contributed by atoms with Crippen LogP contribution in [0.1, 0.15) is 29.5 Å². The molecule has 1 fully saturated rings. The average molecular weight is 247 g/mol. The van der Waals surface area contributed by atoms with Gasteiger partial charge in [0.1, 0.15) is 0 Å². The van der Waals surface area contributed by atoms with Crippen LogP contribution in [-0.2, 0) is 11.2 Å². The van der Waals surface area contributed by atoms with E-state index in [2.05, 4.69) is 37.4 Å². The van der Waals surface area contributed by atoms with Gasteiger partial charge in [-0.05, 0) is 57.2 Å². The molecule has 1 aliphatic rings. The lowest BCUT2D eigenvalue weighted by molar-refractivity contribution is 0.0534. The second-order valence-electron chi connectivity index (χ2n) is 5.57.